The van der Waals surface area contributed by atoms with Crippen LogP contribution in [0.1, 0.15) is 39.0 Å². The van der Waals surface area contributed by atoms with E-state index in [9.17, 15) is 14.4 Å². The monoisotopic (exact) mass is 503 g/mol. The Kier molecular flexibility index (Phi) is 14.3. The van der Waals surface area contributed by atoms with Gasteiger partial charge in [-0.2, -0.15) is 11.8 Å². The van der Waals surface area contributed by atoms with Gasteiger partial charge in [-0.05, 0) is 19.8 Å². The van der Waals surface area contributed by atoms with E-state index < -0.39 is 0 Å². The number of ether oxygens (including phenoxy) is 3. The highest BCUT2D eigenvalue weighted by atomic mass is 32.2. The van der Waals surface area contributed by atoms with Crippen molar-refractivity contribution in [2.45, 2.75) is 62.4 Å². The van der Waals surface area contributed by atoms with E-state index in [-0.39, 0.29) is 36.0 Å². The minimum absolute atomic E-state index is 0.0403. The molecule has 0 aromatic rings. The molecule has 2 aliphatic rings. The molecule has 0 bridgehead atoms. The minimum Gasteiger partial charge on any atom is -0.377 e. The van der Waals surface area contributed by atoms with Gasteiger partial charge >= 0.3 is 6.03 Å². The molecule has 12 heteroatoms. The molecule has 0 spiro atoms. The van der Waals surface area contributed by atoms with Crippen molar-refractivity contribution in [3.8, 4) is 0 Å². The van der Waals surface area contributed by atoms with Gasteiger partial charge < -0.3 is 41.2 Å². The fourth-order valence-electron chi connectivity index (χ4n) is 3.79. The van der Waals surface area contributed by atoms with Crippen molar-refractivity contribution in [2.75, 3.05) is 58.5 Å². The van der Waals surface area contributed by atoms with Gasteiger partial charge in [-0.15, -0.1) is 0 Å². The van der Waals surface area contributed by atoms with Gasteiger partial charge in [0.2, 0.25) is 11.8 Å². The number of carbonyl (C=O) groups excluding carboxylic acids is 3. The average molecular weight is 504 g/mol. The smallest absolute Gasteiger partial charge is 0.315 e. The maximum absolute atomic E-state index is 11.9. The lowest BCUT2D eigenvalue weighted by molar-refractivity contribution is -0.122. The first kappa shape index (κ1) is 28.6. The van der Waals surface area contributed by atoms with Crippen LogP contribution >= 0.6 is 11.8 Å². The highest BCUT2D eigenvalue weighted by Gasteiger charge is 2.42. The van der Waals surface area contributed by atoms with Gasteiger partial charge in [-0.25, -0.2) is 4.79 Å². The summed E-state index contributed by atoms with van der Waals surface area (Å²) in [6.07, 6.45) is 3.66. The molecule has 4 amide bonds. The van der Waals surface area contributed by atoms with Crippen molar-refractivity contribution in [1.82, 2.24) is 21.3 Å². The number of nitrogens with two attached hydrogens (primary N) is 1. The van der Waals surface area contributed by atoms with E-state index in [0.717, 1.165) is 25.0 Å². The number of hydrogen-bond acceptors (Lipinski definition) is 8. The third-order valence-electron chi connectivity index (χ3n) is 5.47. The van der Waals surface area contributed by atoms with Gasteiger partial charge in [0, 0.05) is 43.0 Å². The minimum atomic E-state index is -0.144. The first-order valence-electron chi connectivity index (χ1n) is 12.2. The van der Waals surface area contributed by atoms with E-state index in [2.05, 4.69) is 21.3 Å². The Bertz CT molecular complexity index is 627. The first-order chi connectivity index (χ1) is 16.5. The number of hydrogen-bond donors (Lipinski definition) is 5. The van der Waals surface area contributed by atoms with E-state index in [0.29, 0.717) is 70.8 Å². The normalized spacial score (nSPS) is 22.1. The molecule has 2 aliphatic heterocycles. The molecule has 2 rings (SSSR count). The lowest BCUT2D eigenvalue weighted by atomic mass is 10.0. The van der Waals surface area contributed by atoms with Crippen LogP contribution in [0.3, 0.4) is 0 Å². The van der Waals surface area contributed by atoms with Crippen LogP contribution < -0.4 is 27.0 Å². The zero-order valence-corrected chi connectivity index (χ0v) is 21.0. The standard InChI is InChI=1S/C22H41N5O6S/c1-16(23)14-20(29)25-7-9-32-11-13-33-12-10-31-8-6-24-19(28)5-3-2-4-18-21-17(15-34-18)26-22(30)27-21/h16-18,21H,2-15,23H2,1H3,(H,24,28)(H,25,29)(H2,26,27,30)/t16-,17+,18-,21+/m0/s1. The summed E-state index contributed by atoms with van der Waals surface area (Å²) in [5, 5.41) is 12.0. The Hall–Kier alpha value is -1.60. The number of fused-ring (bicyclic) bond motifs is 1. The molecule has 4 atom stereocenters. The molecule has 0 saturated carbocycles. The van der Waals surface area contributed by atoms with Crippen LogP contribution in [0.15, 0.2) is 0 Å². The predicted molar refractivity (Wildman–Crippen MR) is 131 cm³/mol. The van der Waals surface area contributed by atoms with Gasteiger partial charge in [0.15, 0.2) is 0 Å². The molecule has 2 fully saturated rings. The fourth-order valence-corrected chi connectivity index (χ4v) is 5.34. The molecule has 0 aromatic carbocycles. The number of unbranched alkanes of at least 4 members (excludes halogenated alkanes) is 1. The topological polar surface area (TPSA) is 153 Å². The molecular weight excluding hydrogens is 462 g/mol. The zero-order chi connectivity index (χ0) is 24.6. The van der Waals surface area contributed by atoms with Crippen molar-refractivity contribution in [3.63, 3.8) is 0 Å². The van der Waals surface area contributed by atoms with Gasteiger partial charge in [0.1, 0.15) is 0 Å². The fraction of sp³-hybridized carbons (Fsp3) is 0.864. The largest absolute Gasteiger partial charge is 0.377 e. The maximum Gasteiger partial charge on any atom is 0.315 e. The van der Waals surface area contributed by atoms with Crippen LogP contribution in [0.5, 0.6) is 0 Å². The van der Waals surface area contributed by atoms with Crippen molar-refractivity contribution in [1.29, 1.82) is 0 Å². The van der Waals surface area contributed by atoms with Crippen molar-refractivity contribution in [2.24, 2.45) is 5.73 Å². The van der Waals surface area contributed by atoms with Crippen molar-refractivity contribution in [3.05, 3.63) is 0 Å². The Labute approximate surface area is 206 Å². The van der Waals surface area contributed by atoms with Crippen LogP contribution in [0, 0.1) is 0 Å². The summed E-state index contributed by atoms with van der Waals surface area (Å²) in [5.74, 6) is 0.932. The van der Waals surface area contributed by atoms with Crippen LogP contribution in [-0.4, -0.2) is 99.7 Å². The third kappa shape index (κ3) is 12.2. The van der Waals surface area contributed by atoms with Crippen molar-refractivity contribution >= 4 is 29.6 Å². The lowest BCUT2D eigenvalue weighted by Crippen LogP contribution is -2.36. The summed E-state index contributed by atoms with van der Waals surface area (Å²) in [5.41, 5.74) is 5.55. The van der Waals surface area contributed by atoms with Gasteiger partial charge in [0.05, 0.1) is 51.7 Å². The number of rotatable bonds is 19. The summed E-state index contributed by atoms with van der Waals surface area (Å²) >= 11 is 1.90. The summed E-state index contributed by atoms with van der Waals surface area (Å²) in [6.45, 7) is 5.42. The third-order valence-corrected chi connectivity index (χ3v) is 6.98. The van der Waals surface area contributed by atoms with E-state index in [4.69, 9.17) is 19.9 Å². The Morgan fingerprint density at radius 3 is 2.26 bits per heavy atom. The lowest BCUT2D eigenvalue weighted by Gasteiger charge is -2.16. The molecule has 0 radical (unpaired) electrons. The zero-order valence-electron chi connectivity index (χ0n) is 20.1. The second-order valence-electron chi connectivity index (χ2n) is 8.59. The number of carbonyl (C=O) groups is 3. The average Bonchev–Trinajstić information content (AvgIpc) is 3.33. The van der Waals surface area contributed by atoms with E-state index in [1.165, 1.54) is 0 Å². The van der Waals surface area contributed by atoms with Gasteiger partial charge in [0.25, 0.3) is 0 Å². The van der Waals surface area contributed by atoms with Crippen LogP contribution in [0.4, 0.5) is 4.79 Å². The molecular formula is C22H41N5O6S. The molecule has 196 valence electrons. The van der Waals surface area contributed by atoms with E-state index >= 15 is 0 Å². The summed E-state index contributed by atoms with van der Waals surface area (Å²) in [4.78, 5) is 34.7. The quantitative estimate of drug-likeness (QED) is 0.119. The van der Waals surface area contributed by atoms with Crippen LogP contribution in [0.2, 0.25) is 0 Å². The van der Waals surface area contributed by atoms with Crippen molar-refractivity contribution < 1.29 is 28.6 Å². The molecule has 0 aromatic heterocycles. The Balaban J connectivity index is 1.29. The molecule has 34 heavy (non-hydrogen) atoms. The van der Waals surface area contributed by atoms with Gasteiger partial charge in [-0.1, -0.05) is 6.42 Å². The van der Waals surface area contributed by atoms with E-state index in [1.807, 2.05) is 11.8 Å². The van der Waals surface area contributed by atoms with E-state index in [1.54, 1.807) is 6.92 Å². The highest BCUT2D eigenvalue weighted by Crippen LogP contribution is 2.33. The predicted octanol–water partition coefficient (Wildman–Crippen LogP) is -0.268. The van der Waals surface area contributed by atoms with Gasteiger partial charge in [-0.3, -0.25) is 9.59 Å². The second-order valence-corrected chi connectivity index (χ2v) is 9.86. The number of amides is 4. The molecule has 2 heterocycles. The summed E-state index contributed by atoms with van der Waals surface area (Å²) in [7, 11) is 0. The molecule has 0 unspecified atom stereocenters. The van der Waals surface area contributed by atoms with Crippen LogP contribution in [0.25, 0.3) is 0 Å². The highest BCUT2D eigenvalue weighted by molar-refractivity contribution is 8.00. The molecule has 2 saturated heterocycles. The summed E-state index contributed by atoms with van der Waals surface area (Å²) in [6, 6.07) is 0.274. The first-order valence-corrected chi connectivity index (χ1v) is 13.2. The number of urea groups is 1. The Morgan fingerprint density at radius 2 is 1.62 bits per heavy atom. The Morgan fingerprint density at radius 1 is 1.00 bits per heavy atom. The molecule has 6 N–H and O–H groups in total. The number of thioether (sulfide) groups is 1. The summed E-state index contributed by atoms with van der Waals surface area (Å²) < 4.78 is 16.2. The molecule has 11 nitrogen and oxygen atoms in total. The second kappa shape index (κ2) is 16.9. The SMILES string of the molecule is C[C@H](N)CC(=O)NCCOCCOCCOCCNC(=O)CCCC[C@@H]1SC[C@H]2NC(=O)N[C@@H]12. The molecule has 0 aliphatic carbocycles. The number of nitrogens with one attached hydrogen (secondary N) is 4. The maximum atomic E-state index is 11.9. The van der Waals surface area contributed by atoms with Crippen LogP contribution in [-0.2, 0) is 23.8 Å².